The van der Waals surface area contributed by atoms with Crippen molar-refractivity contribution in [3.63, 3.8) is 0 Å². The van der Waals surface area contributed by atoms with Gasteiger partial charge in [0, 0.05) is 33.8 Å². The Balaban J connectivity index is 1.19. The topological polar surface area (TPSA) is 50.8 Å². The summed E-state index contributed by atoms with van der Waals surface area (Å²) < 4.78 is 11.7. The molecule has 0 radical (unpaired) electrons. The van der Waals surface area contributed by atoms with Crippen LogP contribution < -0.4 is 19.7 Å². The third-order valence-electron chi connectivity index (χ3n) is 6.53. The fourth-order valence-corrected chi connectivity index (χ4v) is 4.93. The molecule has 0 aliphatic carbocycles. The second-order valence-corrected chi connectivity index (χ2v) is 9.06. The fourth-order valence-electron chi connectivity index (χ4n) is 4.74. The minimum absolute atomic E-state index is 0.115. The van der Waals surface area contributed by atoms with Crippen molar-refractivity contribution in [1.82, 2.24) is 5.32 Å². The van der Waals surface area contributed by atoms with Gasteiger partial charge in [0.25, 0.3) is 5.91 Å². The van der Waals surface area contributed by atoms with Crippen molar-refractivity contribution in [2.24, 2.45) is 0 Å². The molecule has 1 unspecified atom stereocenters. The Morgan fingerprint density at radius 1 is 0.941 bits per heavy atom. The molecule has 34 heavy (non-hydrogen) atoms. The molecule has 2 aliphatic rings. The van der Waals surface area contributed by atoms with Crippen LogP contribution in [0.4, 0.5) is 5.69 Å². The van der Waals surface area contributed by atoms with Gasteiger partial charge in [-0.25, -0.2) is 0 Å². The highest BCUT2D eigenvalue weighted by molar-refractivity contribution is 6.30. The van der Waals surface area contributed by atoms with Crippen LogP contribution in [0.1, 0.15) is 33.9 Å². The van der Waals surface area contributed by atoms with Crippen LogP contribution in [0.5, 0.6) is 11.5 Å². The van der Waals surface area contributed by atoms with E-state index in [4.69, 9.17) is 21.1 Å². The highest BCUT2D eigenvalue weighted by atomic mass is 35.5. The lowest BCUT2D eigenvalue weighted by atomic mass is 10.00. The predicted molar refractivity (Wildman–Crippen MR) is 134 cm³/mol. The van der Waals surface area contributed by atoms with Gasteiger partial charge in [-0.2, -0.15) is 0 Å². The number of hydrogen-bond acceptors (Lipinski definition) is 4. The summed E-state index contributed by atoms with van der Waals surface area (Å²) in [4.78, 5) is 15.2. The van der Waals surface area contributed by atoms with E-state index in [0.29, 0.717) is 30.3 Å². The fraction of sp³-hybridized carbons (Fsp3) is 0.179. The Bertz CT molecular complexity index is 1390. The zero-order valence-corrected chi connectivity index (χ0v) is 19.2. The molecular weight excluding hydrogens is 448 g/mol. The summed E-state index contributed by atoms with van der Waals surface area (Å²) in [5, 5.41) is 6.17. The van der Waals surface area contributed by atoms with Gasteiger partial charge >= 0.3 is 0 Å². The van der Waals surface area contributed by atoms with Crippen LogP contribution in [0.2, 0.25) is 5.02 Å². The molecule has 0 bridgehead atoms. The van der Waals surface area contributed by atoms with E-state index < -0.39 is 0 Å². The molecule has 0 aromatic heterocycles. The Kier molecular flexibility index (Phi) is 5.27. The summed E-state index contributed by atoms with van der Waals surface area (Å²) in [6, 6.07) is 25.6. The van der Waals surface area contributed by atoms with Crippen LogP contribution in [0.3, 0.4) is 0 Å². The number of amides is 1. The summed E-state index contributed by atoms with van der Waals surface area (Å²) in [6.07, 6.45) is 0.704. The largest absolute Gasteiger partial charge is 0.493 e. The van der Waals surface area contributed by atoms with Gasteiger partial charge in [0.15, 0.2) is 6.73 Å². The normalized spacial score (nSPS) is 16.7. The first-order valence-electron chi connectivity index (χ1n) is 11.4. The molecule has 0 spiro atoms. The average Bonchev–Trinajstić information content (AvgIpc) is 2.88. The van der Waals surface area contributed by atoms with Gasteiger partial charge in [-0.3, -0.25) is 4.79 Å². The minimum atomic E-state index is -0.130. The van der Waals surface area contributed by atoms with E-state index in [-0.39, 0.29) is 11.9 Å². The molecular formula is C28H23ClN2O3. The molecule has 5 nitrogen and oxygen atoms in total. The van der Waals surface area contributed by atoms with Crippen LogP contribution in [0, 0.1) is 0 Å². The van der Waals surface area contributed by atoms with Crippen molar-refractivity contribution in [2.45, 2.75) is 19.0 Å². The minimum Gasteiger partial charge on any atom is -0.493 e. The summed E-state index contributed by atoms with van der Waals surface area (Å²) >= 11 is 6.17. The second kappa shape index (κ2) is 8.58. The Labute approximate surface area is 202 Å². The van der Waals surface area contributed by atoms with Crippen LogP contribution in [-0.4, -0.2) is 19.2 Å². The highest BCUT2D eigenvalue weighted by Gasteiger charge is 2.24. The first kappa shape index (κ1) is 20.9. The molecule has 170 valence electrons. The predicted octanol–water partition coefficient (Wildman–Crippen LogP) is 6.10. The Morgan fingerprint density at radius 3 is 2.65 bits per heavy atom. The van der Waals surface area contributed by atoms with Gasteiger partial charge in [0.2, 0.25) is 0 Å². The molecule has 0 fully saturated rings. The van der Waals surface area contributed by atoms with Gasteiger partial charge < -0.3 is 19.7 Å². The summed E-state index contributed by atoms with van der Waals surface area (Å²) in [5.41, 5.74) is 3.73. The summed E-state index contributed by atoms with van der Waals surface area (Å²) in [7, 11) is 0. The Hall–Kier alpha value is -3.70. The van der Waals surface area contributed by atoms with E-state index >= 15 is 0 Å². The number of nitrogens with one attached hydrogen (secondary N) is 1. The van der Waals surface area contributed by atoms with Crippen LogP contribution in [-0.2, 0) is 6.54 Å². The number of hydrogen-bond donors (Lipinski definition) is 1. The molecule has 1 N–H and O–H groups in total. The molecule has 1 atom stereocenters. The van der Waals surface area contributed by atoms with Gasteiger partial charge in [0.1, 0.15) is 11.5 Å². The third kappa shape index (κ3) is 3.82. The zero-order chi connectivity index (χ0) is 23.1. The first-order valence-corrected chi connectivity index (χ1v) is 11.7. The molecule has 0 saturated heterocycles. The van der Waals surface area contributed by atoms with Crippen molar-refractivity contribution < 1.29 is 14.3 Å². The SMILES string of the molecule is O=C(NC1CCOc2ccc(Cl)cc21)c1ccc(N2COc3ccc4ccccc4c3C2)cc1. The van der Waals surface area contributed by atoms with Crippen LogP contribution in [0.15, 0.2) is 78.9 Å². The lowest BCUT2D eigenvalue weighted by Crippen LogP contribution is -2.33. The van der Waals surface area contributed by atoms with E-state index in [1.165, 1.54) is 16.3 Å². The number of benzene rings is 4. The first-order chi connectivity index (χ1) is 16.7. The van der Waals surface area contributed by atoms with Crippen molar-refractivity contribution >= 4 is 34.0 Å². The maximum absolute atomic E-state index is 13.0. The maximum Gasteiger partial charge on any atom is 0.251 e. The van der Waals surface area contributed by atoms with Crippen molar-refractivity contribution in [2.75, 3.05) is 18.2 Å². The summed E-state index contributed by atoms with van der Waals surface area (Å²) in [6.45, 7) is 1.78. The molecule has 0 saturated carbocycles. The van der Waals surface area contributed by atoms with Crippen molar-refractivity contribution in [1.29, 1.82) is 0 Å². The van der Waals surface area contributed by atoms with Gasteiger partial charge in [-0.05, 0) is 59.3 Å². The van der Waals surface area contributed by atoms with Crippen LogP contribution >= 0.6 is 11.6 Å². The van der Waals surface area contributed by atoms with E-state index in [0.717, 1.165) is 29.3 Å². The average molecular weight is 471 g/mol. The second-order valence-electron chi connectivity index (χ2n) is 8.63. The zero-order valence-electron chi connectivity index (χ0n) is 18.5. The number of anilines is 1. The molecule has 1 amide bonds. The standard InChI is InChI=1S/C28H23ClN2O3/c29-20-8-12-26-23(15-20)25(13-14-33-26)30-28(32)19-5-9-21(10-6-19)31-16-24-22-4-2-1-3-18(22)7-11-27(24)34-17-31/h1-12,15,25H,13-14,16-17H2,(H,30,32). The number of rotatable bonds is 3. The molecule has 4 aromatic carbocycles. The number of fused-ring (bicyclic) bond motifs is 4. The number of carbonyl (C=O) groups excluding carboxylic acids is 1. The molecule has 2 aliphatic heterocycles. The van der Waals surface area contributed by atoms with E-state index in [1.54, 1.807) is 6.07 Å². The number of ether oxygens (including phenoxy) is 2. The summed E-state index contributed by atoms with van der Waals surface area (Å²) in [5.74, 6) is 1.59. The maximum atomic E-state index is 13.0. The third-order valence-corrected chi connectivity index (χ3v) is 6.77. The highest BCUT2D eigenvalue weighted by Crippen LogP contribution is 2.35. The van der Waals surface area contributed by atoms with Crippen LogP contribution in [0.25, 0.3) is 10.8 Å². The Morgan fingerprint density at radius 2 is 1.76 bits per heavy atom. The van der Waals surface area contributed by atoms with Crippen molar-refractivity contribution in [3.8, 4) is 11.5 Å². The number of halogens is 1. The van der Waals surface area contributed by atoms with E-state index in [1.807, 2.05) is 48.5 Å². The lowest BCUT2D eigenvalue weighted by Gasteiger charge is -2.31. The van der Waals surface area contributed by atoms with Gasteiger partial charge in [-0.15, -0.1) is 0 Å². The van der Waals surface area contributed by atoms with E-state index in [2.05, 4.69) is 34.5 Å². The van der Waals surface area contributed by atoms with Gasteiger partial charge in [-0.1, -0.05) is 41.9 Å². The molecule has 2 heterocycles. The molecule has 6 heteroatoms. The monoisotopic (exact) mass is 470 g/mol. The molecule has 6 rings (SSSR count). The number of nitrogens with zero attached hydrogens (tertiary/aromatic N) is 1. The smallest absolute Gasteiger partial charge is 0.251 e. The lowest BCUT2D eigenvalue weighted by molar-refractivity contribution is 0.0925. The van der Waals surface area contributed by atoms with Gasteiger partial charge in [0.05, 0.1) is 19.2 Å². The molecule has 4 aromatic rings. The van der Waals surface area contributed by atoms with E-state index in [9.17, 15) is 4.79 Å². The quantitative estimate of drug-likeness (QED) is 0.393. The van der Waals surface area contributed by atoms with Crippen molar-refractivity contribution in [3.05, 3.63) is 101 Å². The number of carbonyl (C=O) groups is 1.